The molecule has 1 amide bonds. The van der Waals surface area contributed by atoms with Crippen molar-refractivity contribution in [2.24, 2.45) is 0 Å². The predicted octanol–water partition coefficient (Wildman–Crippen LogP) is 2.41. The number of hydrogen-bond donors (Lipinski definition) is 1. The number of carbonyl (C=O) groups is 1. The molecule has 1 N–H and O–H groups in total. The van der Waals surface area contributed by atoms with Crippen molar-refractivity contribution in [2.75, 3.05) is 7.05 Å². The highest BCUT2D eigenvalue weighted by Crippen LogP contribution is 2.19. The summed E-state index contributed by atoms with van der Waals surface area (Å²) in [6, 6.07) is 5.65. The fourth-order valence-electron chi connectivity index (χ4n) is 0.806. The molecule has 0 radical (unpaired) electrons. The molecule has 1 rings (SSSR count). The average molecular weight is 340 g/mol. The fourth-order valence-corrected chi connectivity index (χ4v) is 1.72. The predicted molar refractivity (Wildman–Crippen MR) is 60.2 cm³/mol. The van der Waals surface area contributed by atoms with Crippen LogP contribution in [0.5, 0.6) is 0 Å². The largest absolute Gasteiger partial charge is 0.355 e. The first kappa shape index (κ1) is 9.98. The zero-order valence-corrected chi connectivity index (χ0v) is 10.1. The molecule has 2 nitrogen and oxygen atoms in total. The first-order valence-electron chi connectivity index (χ1n) is 3.32. The lowest BCUT2D eigenvalue weighted by Crippen LogP contribution is -2.18. The van der Waals surface area contributed by atoms with Crippen molar-refractivity contribution in [3.8, 4) is 0 Å². The van der Waals surface area contributed by atoms with Gasteiger partial charge in [-0.25, -0.2) is 0 Å². The second-order valence-corrected chi connectivity index (χ2v) is 4.30. The van der Waals surface area contributed by atoms with Crippen LogP contribution >= 0.6 is 38.5 Å². The van der Waals surface area contributed by atoms with Crippen LogP contribution < -0.4 is 5.32 Å². The van der Waals surface area contributed by atoms with Gasteiger partial charge in [-0.15, -0.1) is 0 Å². The Bertz CT molecular complexity index is 314. The Kier molecular flexibility index (Phi) is 3.52. The fraction of sp³-hybridized carbons (Fsp3) is 0.125. The van der Waals surface area contributed by atoms with Crippen molar-refractivity contribution < 1.29 is 4.79 Å². The topological polar surface area (TPSA) is 29.1 Å². The Hall–Kier alpha value is -0.100. The third-order valence-electron chi connectivity index (χ3n) is 1.40. The van der Waals surface area contributed by atoms with Crippen molar-refractivity contribution in [1.29, 1.82) is 0 Å². The van der Waals surface area contributed by atoms with Crippen LogP contribution in [0.1, 0.15) is 10.4 Å². The van der Waals surface area contributed by atoms with E-state index in [1.54, 1.807) is 7.05 Å². The second-order valence-electron chi connectivity index (χ2n) is 2.20. The highest BCUT2D eigenvalue weighted by atomic mass is 127. The molecule has 64 valence electrons. The van der Waals surface area contributed by atoms with Gasteiger partial charge in [0.1, 0.15) is 0 Å². The summed E-state index contributed by atoms with van der Waals surface area (Å²) in [5, 5.41) is 2.58. The zero-order valence-electron chi connectivity index (χ0n) is 6.40. The molecular formula is C8H7BrINO. The molecule has 0 aliphatic heterocycles. The van der Waals surface area contributed by atoms with Crippen LogP contribution in [0.3, 0.4) is 0 Å². The van der Waals surface area contributed by atoms with Gasteiger partial charge in [0.2, 0.25) is 0 Å². The molecule has 0 heterocycles. The number of hydrogen-bond acceptors (Lipinski definition) is 1. The summed E-state index contributed by atoms with van der Waals surface area (Å²) < 4.78 is 1.87. The van der Waals surface area contributed by atoms with Crippen LogP contribution in [-0.2, 0) is 0 Å². The lowest BCUT2D eigenvalue weighted by Gasteiger charge is -2.02. The van der Waals surface area contributed by atoms with Crippen LogP contribution in [0.15, 0.2) is 22.7 Å². The van der Waals surface area contributed by atoms with E-state index >= 15 is 0 Å². The molecule has 0 unspecified atom stereocenters. The highest BCUT2D eigenvalue weighted by molar-refractivity contribution is 14.1. The molecule has 0 fully saturated rings. The van der Waals surface area contributed by atoms with Gasteiger partial charge in [-0.2, -0.15) is 0 Å². The standard InChI is InChI=1S/C8H7BrINO/c1-11-8(12)6-4-5(10)2-3-7(6)9/h2-4H,1H3,(H,11,12). The van der Waals surface area contributed by atoms with Gasteiger partial charge in [-0.1, -0.05) is 0 Å². The maximum atomic E-state index is 11.2. The van der Waals surface area contributed by atoms with E-state index < -0.39 is 0 Å². The molecule has 0 aliphatic rings. The van der Waals surface area contributed by atoms with Gasteiger partial charge in [0.05, 0.1) is 5.56 Å². The van der Waals surface area contributed by atoms with E-state index in [4.69, 9.17) is 0 Å². The van der Waals surface area contributed by atoms with E-state index in [0.717, 1.165) is 8.04 Å². The minimum absolute atomic E-state index is 0.0691. The maximum Gasteiger partial charge on any atom is 0.252 e. The molecule has 1 aromatic rings. The number of amides is 1. The van der Waals surface area contributed by atoms with Crippen LogP contribution in [0.4, 0.5) is 0 Å². The monoisotopic (exact) mass is 339 g/mol. The third-order valence-corrected chi connectivity index (χ3v) is 2.76. The van der Waals surface area contributed by atoms with Gasteiger partial charge in [0.15, 0.2) is 0 Å². The quantitative estimate of drug-likeness (QED) is 0.782. The number of rotatable bonds is 1. The second kappa shape index (κ2) is 4.23. The maximum absolute atomic E-state index is 11.2. The first-order chi connectivity index (χ1) is 5.65. The summed E-state index contributed by atoms with van der Waals surface area (Å²) in [4.78, 5) is 11.2. The number of carbonyl (C=O) groups excluding carboxylic acids is 1. The molecule has 0 atom stereocenters. The SMILES string of the molecule is CNC(=O)c1cc(I)ccc1Br. The van der Waals surface area contributed by atoms with E-state index in [0.29, 0.717) is 5.56 Å². The normalized spacial score (nSPS) is 9.58. The Labute approximate surface area is 93.0 Å². The summed E-state index contributed by atoms with van der Waals surface area (Å²) >= 11 is 5.48. The molecule has 0 bridgehead atoms. The van der Waals surface area contributed by atoms with Crippen LogP contribution in [0.2, 0.25) is 0 Å². The number of benzene rings is 1. The summed E-state index contributed by atoms with van der Waals surface area (Å²) in [7, 11) is 1.62. The van der Waals surface area contributed by atoms with E-state index in [1.807, 2.05) is 18.2 Å². The van der Waals surface area contributed by atoms with Crippen molar-refractivity contribution in [3.63, 3.8) is 0 Å². The number of halogens is 2. The van der Waals surface area contributed by atoms with Gasteiger partial charge in [0, 0.05) is 15.1 Å². The smallest absolute Gasteiger partial charge is 0.252 e. The first-order valence-corrected chi connectivity index (χ1v) is 5.19. The summed E-state index contributed by atoms with van der Waals surface area (Å²) in [5.74, 6) is -0.0691. The van der Waals surface area contributed by atoms with Gasteiger partial charge >= 0.3 is 0 Å². The Morgan fingerprint density at radius 1 is 1.58 bits per heavy atom. The van der Waals surface area contributed by atoms with E-state index in [1.165, 1.54) is 0 Å². The summed E-state index contributed by atoms with van der Waals surface area (Å²) in [5.41, 5.74) is 0.671. The van der Waals surface area contributed by atoms with Crippen LogP contribution in [0, 0.1) is 3.57 Å². The molecular weight excluding hydrogens is 333 g/mol. The zero-order chi connectivity index (χ0) is 9.14. The van der Waals surface area contributed by atoms with E-state index in [-0.39, 0.29) is 5.91 Å². The summed E-state index contributed by atoms with van der Waals surface area (Å²) in [6.45, 7) is 0. The molecule has 0 aliphatic carbocycles. The molecule has 1 aromatic carbocycles. The van der Waals surface area contributed by atoms with Crippen LogP contribution in [0.25, 0.3) is 0 Å². The van der Waals surface area contributed by atoms with E-state index in [2.05, 4.69) is 43.8 Å². The van der Waals surface area contributed by atoms with Gasteiger partial charge in [0.25, 0.3) is 5.91 Å². The molecule has 0 spiro atoms. The molecule has 12 heavy (non-hydrogen) atoms. The van der Waals surface area contributed by atoms with Crippen molar-refractivity contribution in [1.82, 2.24) is 5.32 Å². The number of nitrogens with one attached hydrogen (secondary N) is 1. The third kappa shape index (κ3) is 2.20. The lowest BCUT2D eigenvalue weighted by molar-refractivity contribution is 0.0962. The van der Waals surface area contributed by atoms with Crippen molar-refractivity contribution in [3.05, 3.63) is 31.8 Å². The van der Waals surface area contributed by atoms with Crippen molar-refractivity contribution in [2.45, 2.75) is 0 Å². The van der Waals surface area contributed by atoms with Gasteiger partial charge < -0.3 is 5.32 Å². The molecule has 4 heteroatoms. The van der Waals surface area contributed by atoms with Crippen LogP contribution in [-0.4, -0.2) is 13.0 Å². The molecule has 0 saturated heterocycles. The Morgan fingerprint density at radius 2 is 2.25 bits per heavy atom. The van der Waals surface area contributed by atoms with Crippen molar-refractivity contribution >= 4 is 44.4 Å². The lowest BCUT2D eigenvalue weighted by atomic mass is 10.2. The average Bonchev–Trinajstić information content (AvgIpc) is 2.08. The molecule has 0 saturated carbocycles. The molecule has 0 aromatic heterocycles. The van der Waals surface area contributed by atoms with Gasteiger partial charge in [-0.3, -0.25) is 4.79 Å². The highest BCUT2D eigenvalue weighted by Gasteiger charge is 2.07. The summed E-state index contributed by atoms with van der Waals surface area (Å²) in [6.07, 6.45) is 0. The Balaban J connectivity index is 3.13. The van der Waals surface area contributed by atoms with Gasteiger partial charge in [-0.05, 0) is 56.7 Å². The minimum Gasteiger partial charge on any atom is -0.355 e. The van der Waals surface area contributed by atoms with E-state index in [9.17, 15) is 4.79 Å². The Morgan fingerprint density at radius 3 is 2.83 bits per heavy atom. The minimum atomic E-state index is -0.0691.